The Morgan fingerprint density at radius 2 is 1.67 bits per heavy atom. The molecule has 1 atom stereocenters. The van der Waals surface area contributed by atoms with Gasteiger partial charge in [0.05, 0.1) is 17.2 Å². The summed E-state index contributed by atoms with van der Waals surface area (Å²) in [6, 6.07) is 20.1. The van der Waals surface area contributed by atoms with E-state index in [0.29, 0.717) is 44.0 Å². The number of carbonyl (C=O) groups is 2. The normalized spacial score (nSPS) is 11.6. The van der Waals surface area contributed by atoms with E-state index in [1.54, 1.807) is 72.8 Å². The molecule has 4 rings (SSSR count). The molecule has 0 aliphatic carbocycles. The van der Waals surface area contributed by atoms with Gasteiger partial charge in [-0.25, -0.2) is 20.8 Å². The number of carbonyl (C=O) groups excluding carboxylic acids is 2. The maximum Gasteiger partial charge on any atom is 0.284 e. The lowest BCUT2D eigenvalue weighted by molar-refractivity contribution is -0.135. The highest BCUT2D eigenvalue weighted by molar-refractivity contribution is 6.31. The molecule has 0 saturated carbocycles. The lowest BCUT2D eigenvalue weighted by atomic mass is 10.2. The number of rotatable bonds is 6. The number of amides is 2. The molecule has 166 valence electrons. The summed E-state index contributed by atoms with van der Waals surface area (Å²) < 4.78 is 11.4. The molecule has 0 fully saturated rings. The highest BCUT2D eigenvalue weighted by Crippen LogP contribution is 2.25. The fourth-order valence-electron chi connectivity index (χ4n) is 2.99. The Balaban J connectivity index is 1.38. The van der Waals surface area contributed by atoms with Gasteiger partial charge in [0, 0.05) is 10.6 Å². The van der Waals surface area contributed by atoms with Crippen molar-refractivity contribution in [3.63, 3.8) is 0 Å². The summed E-state index contributed by atoms with van der Waals surface area (Å²) >= 11 is 5.96. The van der Waals surface area contributed by atoms with Gasteiger partial charge < -0.3 is 9.47 Å². The first-order valence-electron chi connectivity index (χ1n) is 9.95. The molecule has 1 unspecified atom stereocenters. The predicted molar refractivity (Wildman–Crippen MR) is 123 cm³/mol. The maximum atomic E-state index is 12.5. The molecule has 0 saturated heterocycles. The first-order chi connectivity index (χ1) is 15.9. The number of imide groups is 1. The Morgan fingerprint density at radius 3 is 2.39 bits per heavy atom. The van der Waals surface area contributed by atoms with E-state index in [4.69, 9.17) is 26.9 Å². The fraction of sp³-hybridized carbons (Fsp3) is 0.0833. The molecular formula is C24H19ClN4O4. The molecule has 3 aromatic carbocycles. The van der Waals surface area contributed by atoms with Crippen molar-refractivity contribution in [2.75, 3.05) is 0 Å². The summed E-state index contributed by atoms with van der Waals surface area (Å²) in [4.78, 5) is 33.5. The van der Waals surface area contributed by atoms with Gasteiger partial charge in [-0.05, 0) is 61.5 Å². The van der Waals surface area contributed by atoms with E-state index < -0.39 is 17.9 Å². The highest BCUT2D eigenvalue weighted by atomic mass is 35.5. The second kappa shape index (κ2) is 9.64. The molecule has 1 heterocycles. The van der Waals surface area contributed by atoms with Crippen molar-refractivity contribution in [2.45, 2.75) is 13.0 Å². The van der Waals surface area contributed by atoms with Crippen LogP contribution in [0.4, 0.5) is 0 Å². The van der Waals surface area contributed by atoms with E-state index >= 15 is 0 Å². The van der Waals surface area contributed by atoms with Gasteiger partial charge in [-0.1, -0.05) is 29.8 Å². The molecule has 0 aliphatic rings. The largest absolute Gasteiger partial charge is 0.481 e. The number of nitrogens with two attached hydrogens (primary N) is 1. The zero-order valence-corrected chi connectivity index (χ0v) is 18.3. The Morgan fingerprint density at radius 1 is 0.970 bits per heavy atom. The first-order valence-corrected chi connectivity index (χ1v) is 10.3. The molecule has 2 amide bonds. The van der Waals surface area contributed by atoms with Crippen molar-refractivity contribution >= 4 is 34.4 Å². The molecule has 0 spiro atoms. The second-order valence-corrected chi connectivity index (χ2v) is 7.49. The molecule has 0 aliphatic heterocycles. The molecule has 1 aromatic heterocycles. The smallest absolute Gasteiger partial charge is 0.284 e. The van der Waals surface area contributed by atoms with Crippen molar-refractivity contribution in [1.82, 2.24) is 15.0 Å². The van der Waals surface area contributed by atoms with Crippen LogP contribution >= 0.6 is 11.6 Å². The SMILES string of the molecule is CC(Oc1ccc(Oc2cnc3cc(Cl)ccc3n2)cc1)C(=O)N(N)C(=O)c1ccccc1. The predicted octanol–water partition coefficient (Wildman–Crippen LogP) is 4.39. The van der Waals surface area contributed by atoms with Crippen LogP contribution in [-0.2, 0) is 4.79 Å². The van der Waals surface area contributed by atoms with E-state index in [9.17, 15) is 9.59 Å². The summed E-state index contributed by atoms with van der Waals surface area (Å²) in [5.41, 5.74) is 1.62. The van der Waals surface area contributed by atoms with E-state index in [-0.39, 0.29) is 0 Å². The summed E-state index contributed by atoms with van der Waals surface area (Å²) in [7, 11) is 0. The zero-order chi connectivity index (χ0) is 23.4. The van der Waals surface area contributed by atoms with Crippen LogP contribution in [0.5, 0.6) is 17.4 Å². The molecule has 33 heavy (non-hydrogen) atoms. The summed E-state index contributed by atoms with van der Waals surface area (Å²) in [5, 5.41) is 1.14. The monoisotopic (exact) mass is 462 g/mol. The van der Waals surface area contributed by atoms with Crippen molar-refractivity contribution in [3.05, 3.63) is 89.6 Å². The van der Waals surface area contributed by atoms with Crippen molar-refractivity contribution in [3.8, 4) is 17.4 Å². The topological polar surface area (TPSA) is 108 Å². The minimum atomic E-state index is -0.979. The Hall–Kier alpha value is -4.01. The van der Waals surface area contributed by atoms with Crippen LogP contribution in [0.1, 0.15) is 17.3 Å². The van der Waals surface area contributed by atoms with Gasteiger partial charge in [-0.3, -0.25) is 9.59 Å². The molecule has 2 N–H and O–H groups in total. The van der Waals surface area contributed by atoms with Gasteiger partial charge in [-0.2, -0.15) is 0 Å². The van der Waals surface area contributed by atoms with E-state index in [1.165, 1.54) is 13.1 Å². The Bertz CT molecular complexity index is 1300. The van der Waals surface area contributed by atoms with Crippen molar-refractivity contribution < 1.29 is 19.1 Å². The third-order valence-electron chi connectivity index (χ3n) is 4.67. The number of nitrogens with zero attached hydrogens (tertiary/aromatic N) is 3. The third kappa shape index (κ3) is 5.25. The average Bonchev–Trinajstić information content (AvgIpc) is 2.84. The van der Waals surface area contributed by atoms with E-state index in [2.05, 4.69) is 9.97 Å². The number of hydrogen-bond donors (Lipinski definition) is 1. The van der Waals surface area contributed by atoms with E-state index in [0.717, 1.165) is 0 Å². The minimum absolute atomic E-state index is 0.307. The summed E-state index contributed by atoms with van der Waals surface area (Å²) in [5.74, 6) is 5.66. The number of fused-ring (bicyclic) bond motifs is 1. The van der Waals surface area contributed by atoms with Crippen LogP contribution in [0.3, 0.4) is 0 Å². The lowest BCUT2D eigenvalue weighted by Crippen LogP contribution is -2.48. The molecule has 0 radical (unpaired) electrons. The standard InChI is InChI=1S/C24H19ClN4O4/c1-15(23(30)29(26)24(31)16-5-3-2-4-6-16)32-18-8-10-19(11-9-18)33-22-14-27-21-13-17(25)7-12-20(21)28-22/h2-15H,26H2,1H3. The van der Waals surface area contributed by atoms with Crippen LogP contribution in [0.25, 0.3) is 11.0 Å². The number of benzene rings is 3. The number of ether oxygens (including phenoxy) is 2. The van der Waals surface area contributed by atoms with Gasteiger partial charge in [0.1, 0.15) is 11.5 Å². The van der Waals surface area contributed by atoms with Crippen LogP contribution in [0, 0.1) is 0 Å². The van der Waals surface area contributed by atoms with Crippen LogP contribution < -0.4 is 15.3 Å². The van der Waals surface area contributed by atoms with Crippen LogP contribution in [0.2, 0.25) is 5.02 Å². The van der Waals surface area contributed by atoms with Crippen LogP contribution in [-0.4, -0.2) is 32.9 Å². The van der Waals surface area contributed by atoms with E-state index in [1.807, 2.05) is 0 Å². The maximum absolute atomic E-state index is 12.5. The van der Waals surface area contributed by atoms with Crippen molar-refractivity contribution in [1.29, 1.82) is 0 Å². The number of hydrazine groups is 1. The third-order valence-corrected chi connectivity index (χ3v) is 4.90. The molecule has 8 nitrogen and oxygen atoms in total. The Kier molecular flexibility index (Phi) is 6.48. The van der Waals surface area contributed by atoms with Gasteiger partial charge >= 0.3 is 0 Å². The highest BCUT2D eigenvalue weighted by Gasteiger charge is 2.25. The molecule has 4 aromatic rings. The summed E-state index contributed by atoms with van der Waals surface area (Å²) in [6.07, 6.45) is 0.524. The number of aromatic nitrogens is 2. The van der Waals surface area contributed by atoms with Gasteiger partial charge in [-0.15, -0.1) is 0 Å². The average molecular weight is 463 g/mol. The second-order valence-electron chi connectivity index (χ2n) is 7.05. The van der Waals surface area contributed by atoms with Gasteiger partial charge in [0.25, 0.3) is 11.8 Å². The quantitative estimate of drug-likeness (QED) is 0.257. The van der Waals surface area contributed by atoms with Gasteiger partial charge in [0.15, 0.2) is 6.10 Å². The molecule has 0 bridgehead atoms. The number of hydrogen-bond acceptors (Lipinski definition) is 7. The zero-order valence-electron chi connectivity index (χ0n) is 17.5. The summed E-state index contributed by atoms with van der Waals surface area (Å²) in [6.45, 7) is 1.52. The fourth-order valence-corrected chi connectivity index (χ4v) is 3.16. The minimum Gasteiger partial charge on any atom is -0.481 e. The Labute approximate surface area is 194 Å². The van der Waals surface area contributed by atoms with Gasteiger partial charge in [0.2, 0.25) is 5.88 Å². The lowest BCUT2D eigenvalue weighted by Gasteiger charge is -2.20. The first kappa shape index (κ1) is 22.2. The van der Waals surface area contributed by atoms with Crippen LogP contribution in [0.15, 0.2) is 79.0 Å². The van der Waals surface area contributed by atoms with Crippen molar-refractivity contribution in [2.24, 2.45) is 5.84 Å². The number of halogens is 1. The molecular weight excluding hydrogens is 444 g/mol. The molecule has 9 heteroatoms.